The summed E-state index contributed by atoms with van der Waals surface area (Å²) in [5.41, 5.74) is 3.55. The maximum absolute atomic E-state index is 12.4. The van der Waals surface area contributed by atoms with Crippen LogP contribution in [0.15, 0.2) is 48.8 Å². The third-order valence-electron chi connectivity index (χ3n) is 3.83. The van der Waals surface area contributed by atoms with Crippen molar-refractivity contribution >= 4 is 5.91 Å². The minimum Gasteiger partial charge on any atom is -0.354 e. The quantitative estimate of drug-likeness (QED) is 0.895. The molecule has 21 heavy (non-hydrogen) atoms. The predicted octanol–water partition coefficient (Wildman–Crippen LogP) is 1.63. The topological polar surface area (TPSA) is 54.0 Å². The van der Waals surface area contributed by atoms with E-state index < -0.39 is 0 Å². The van der Waals surface area contributed by atoms with Crippen molar-refractivity contribution in [3.63, 3.8) is 0 Å². The summed E-state index contributed by atoms with van der Waals surface area (Å²) in [6.07, 6.45) is 5.35. The van der Waals surface area contributed by atoms with Crippen molar-refractivity contribution < 1.29 is 4.79 Å². The van der Waals surface area contributed by atoms with E-state index in [1.54, 1.807) is 12.4 Å². The van der Waals surface area contributed by atoms with E-state index in [9.17, 15) is 4.79 Å². The van der Waals surface area contributed by atoms with Crippen LogP contribution in [0.3, 0.4) is 0 Å². The SMILES string of the molecule is O=C(NCCc1ccncc1)C1NCCc2ccccc21. The molecule has 0 aliphatic carbocycles. The van der Waals surface area contributed by atoms with E-state index in [0.717, 1.165) is 24.9 Å². The molecule has 2 aromatic rings. The van der Waals surface area contributed by atoms with Gasteiger partial charge in [-0.05, 0) is 41.7 Å². The number of rotatable bonds is 4. The second-order valence-electron chi connectivity index (χ2n) is 5.23. The molecular weight excluding hydrogens is 262 g/mol. The lowest BCUT2D eigenvalue weighted by atomic mass is 9.94. The Labute approximate surface area is 124 Å². The number of nitrogens with zero attached hydrogens (tertiary/aromatic N) is 1. The molecule has 4 heteroatoms. The van der Waals surface area contributed by atoms with Crippen molar-refractivity contribution in [2.45, 2.75) is 18.9 Å². The van der Waals surface area contributed by atoms with Crippen LogP contribution in [-0.2, 0) is 17.6 Å². The van der Waals surface area contributed by atoms with Crippen molar-refractivity contribution in [2.24, 2.45) is 0 Å². The minimum absolute atomic E-state index is 0.0520. The Hall–Kier alpha value is -2.20. The van der Waals surface area contributed by atoms with E-state index in [2.05, 4.69) is 21.7 Å². The molecule has 108 valence electrons. The van der Waals surface area contributed by atoms with Gasteiger partial charge in [-0.15, -0.1) is 0 Å². The summed E-state index contributed by atoms with van der Waals surface area (Å²) in [4.78, 5) is 16.4. The van der Waals surface area contributed by atoms with Gasteiger partial charge in [-0.3, -0.25) is 9.78 Å². The van der Waals surface area contributed by atoms with E-state index in [1.807, 2.05) is 30.3 Å². The zero-order chi connectivity index (χ0) is 14.5. The summed E-state index contributed by atoms with van der Waals surface area (Å²) in [5, 5.41) is 6.32. The number of nitrogens with one attached hydrogen (secondary N) is 2. The molecule has 1 aliphatic rings. The van der Waals surface area contributed by atoms with E-state index in [0.29, 0.717) is 6.54 Å². The van der Waals surface area contributed by atoms with E-state index in [4.69, 9.17) is 0 Å². The Morgan fingerprint density at radius 2 is 2.05 bits per heavy atom. The fraction of sp³-hybridized carbons (Fsp3) is 0.294. The number of fused-ring (bicyclic) bond motifs is 1. The van der Waals surface area contributed by atoms with Gasteiger partial charge in [-0.1, -0.05) is 24.3 Å². The summed E-state index contributed by atoms with van der Waals surface area (Å²) in [7, 11) is 0. The molecule has 0 saturated heterocycles. The second-order valence-corrected chi connectivity index (χ2v) is 5.23. The van der Waals surface area contributed by atoms with Gasteiger partial charge in [0.2, 0.25) is 5.91 Å². The molecule has 0 spiro atoms. The zero-order valence-corrected chi connectivity index (χ0v) is 11.9. The Balaban J connectivity index is 1.59. The molecule has 1 aromatic heterocycles. The molecule has 2 N–H and O–H groups in total. The lowest BCUT2D eigenvalue weighted by molar-refractivity contribution is -0.123. The van der Waals surface area contributed by atoms with E-state index in [-0.39, 0.29) is 11.9 Å². The second kappa shape index (κ2) is 6.50. The van der Waals surface area contributed by atoms with E-state index >= 15 is 0 Å². The number of amides is 1. The third-order valence-corrected chi connectivity index (χ3v) is 3.83. The number of carbonyl (C=O) groups is 1. The molecule has 0 bridgehead atoms. The molecule has 1 aromatic carbocycles. The first-order valence-electron chi connectivity index (χ1n) is 7.32. The number of carbonyl (C=O) groups excluding carboxylic acids is 1. The van der Waals surface area contributed by atoms with Gasteiger partial charge >= 0.3 is 0 Å². The first kappa shape index (κ1) is 13.8. The average Bonchev–Trinajstić information content (AvgIpc) is 2.55. The van der Waals surface area contributed by atoms with Gasteiger partial charge in [-0.25, -0.2) is 0 Å². The first-order valence-corrected chi connectivity index (χ1v) is 7.32. The van der Waals surface area contributed by atoms with Gasteiger partial charge in [0, 0.05) is 25.5 Å². The molecule has 1 atom stereocenters. The van der Waals surface area contributed by atoms with Crippen LogP contribution in [0.5, 0.6) is 0 Å². The van der Waals surface area contributed by atoms with Crippen LogP contribution in [0.4, 0.5) is 0 Å². The number of benzene rings is 1. The zero-order valence-electron chi connectivity index (χ0n) is 11.9. The van der Waals surface area contributed by atoms with Crippen LogP contribution in [-0.4, -0.2) is 24.0 Å². The molecule has 4 nitrogen and oxygen atoms in total. The average molecular weight is 281 g/mol. The largest absolute Gasteiger partial charge is 0.354 e. The van der Waals surface area contributed by atoms with Gasteiger partial charge in [0.15, 0.2) is 0 Å². The maximum atomic E-state index is 12.4. The van der Waals surface area contributed by atoms with Crippen LogP contribution < -0.4 is 10.6 Å². The normalized spacial score (nSPS) is 17.0. The molecule has 1 aliphatic heterocycles. The van der Waals surface area contributed by atoms with Gasteiger partial charge in [0.1, 0.15) is 6.04 Å². The van der Waals surface area contributed by atoms with E-state index in [1.165, 1.54) is 11.1 Å². The Morgan fingerprint density at radius 3 is 2.90 bits per heavy atom. The smallest absolute Gasteiger partial charge is 0.241 e. The maximum Gasteiger partial charge on any atom is 0.241 e. The monoisotopic (exact) mass is 281 g/mol. The van der Waals surface area contributed by atoms with Crippen molar-refractivity contribution in [1.29, 1.82) is 0 Å². The summed E-state index contributed by atoms with van der Waals surface area (Å²) < 4.78 is 0. The number of aromatic nitrogens is 1. The highest BCUT2D eigenvalue weighted by molar-refractivity contribution is 5.83. The highest BCUT2D eigenvalue weighted by Crippen LogP contribution is 2.22. The van der Waals surface area contributed by atoms with Gasteiger partial charge in [-0.2, -0.15) is 0 Å². The van der Waals surface area contributed by atoms with Crippen LogP contribution in [0.25, 0.3) is 0 Å². The van der Waals surface area contributed by atoms with Crippen LogP contribution in [0.2, 0.25) is 0 Å². The van der Waals surface area contributed by atoms with Crippen molar-refractivity contribution in [3.05, 3.63) is 65.5 Å². The standard InChI is InChI=1S/C17H19N3O/c21-17(20-11-7-13-5-9-18-10-6-13)16-15-4-2-1-3-14(15)8-12-19-16/h1-6,9-10,16,19H,7-8,11-12H2,(H,20,21). The fourth-order valence-electron chi connectivity index (χ4n) is 2.72. The summed E-state index contributed by atoms with van der Waals surface area (Å²) in [5.74, 6) is 0.0520. The predicted molar refractivity (Wildman–Crippen MR) is 81.8 cm³/mol. The Kier molecular flexibility index (Phi) is 4.26. The molecule has 0 fully saturated rings. The van der Waals surface area contributed by atoms with Gasteiger partial charge in [0.25, 0.3) is 0 Å². The number of hydrogen-bond acceptors (Lipinski definition) is 3. The molecule has 0 saturated carbocycles. The Bertz CT molecular complexity index is 612. The third kappa shape index (κ3) is 3.28. The molecule has 1 amide bonds. The molecule has 1 unspecified atom stereocenters. The van der Waals surface area contributed by atoms with Crippen molar-refractivity contribution in [3.8, 4) is 0 Å². The minimum atomic E-state index is -0.229. The van der Waals surface area contributed by atoms with Crippen molar-refractivity contribution in [1.82, 2.24) is 15.6 Å². The highest BCUT2D eigenvalue weighted by Gasteiger charge is 2.25. The molecule has 0 radical (unpaired) electrons. The summed E-state index contributed by atoms with van der Waals surface area (Å²) in [6.45, 7) is 1.49. The summed E-state index contributed by atoms with van der Waals surface area (Å²) >= 11 is 0. The van der Waals surface area contributed by atoms with Crippen LogP contribution >= 0.6 is 0 Å². The number of pyridine rings is 1. The van der Waals surface area contributed by atoms with Crippen LogP contribution in [0.1, 0.15) is 22.7 Å². The molecular formula is C17H19N3O. The molecule has 2 heterocycles. The fourth-order valence-corrected chi connectivity index (χ4v) is 2.72. The lowest BCUT2D eigenvalue weighted by Crippen LogP contribution is -2.41. The van der Waals surface area contributed by atoms with Crippen LogP contribution in [0, 0.1) is 0 Å². The number of hydrogen-bond donors (Lipinski definition) is 2. The van der Waals surface area contributed by atoms with Gasteiger partial charge < -0.3 is 10.6 Å². The highest BCUT2D eigenvalue weighted by atomic mass is 16.2. The van der Waals surface area contributed by atoms with Crippen molar-refractivity contribution in [2.75, 3.05) is 13.1 Å². The molecule has 3 rings (SSSR count). The first-order chi connectivity index (χ1) is 10.3. The van der Waals surface area contributed by atoms with Gasteiger partial charge in [0.05, 0.1) is 0 Å². The Morgan fingerprint density at radius 1 is 1.24 bits per heavy atom. The summed E-state index contributed by atoms with van der Waals surface area (Å²) in [6, 6.07) is 11.9. The lowest BCUT2D eigenvalue weighted by Gasteiger charge is -2.26.